The Kier molecular flexibility index (Phi) is 4.32. The second-order valence-corrected chi connectivity index (χ2v) is 6.27. The molecule has 0 bridgehead atoms. The van der Waals surface area contributed by atoms with Gasteiger partial charge in [-0.25, -0.2) is 4.79 Å². The van der Waals surface area contributed by atoms with Gasteiger partial charge in [-0.2, -0.15) is 0 Å². The van der Waals surface area contributed by atoms with Gasteiger partial charge in [0.1, 0.15) is 0 Å². The minimum absolute atomic E-state index is 0.0411. The summed E-state index contributed by atoms with van der Waals surface area (Å²) in [6, 6.07) is 6.20. The fourth-order valence-electron chi connectivity index (χ4n) is 3.16. The molecule has 0 spiro atoms. The molecule has 0 atom stereocenters. The molecule has 4 heteroatoms. The third-order valence-electron chi connectivity index (χ3n) is 4.80. The lowest BCUT2D eigenvalue weighted by Gasteiger charge is -2.30. The zero-order chi connectivity index (χ0) is 14.7. The van der Waals surface area contributed by atoms with Crippen LogP contribution in [0.5, 0.6) is 0 Å². The zero-order valence-corrected chi connectivity index (χ0v) is 12.8. The summed E-state index contributed by atoms with van der Waals surface area (Å²) >= 11 is 0. The first-order chi connectivity index (χ1) is 10.3. The fourth-order valence-corrected chi connectivity index (χ4v) is 3.16. The van der Waals surface area contributed by atoms with E-state index in [1.807, 2.05) is 18.0 Å². The van der Waals surface area contributed by atoms with Crippen LogP contribution in [0.15, 0.2) is 18.2 Å². The van der Waals surface area contributed by atoms with E-state index in [2.05, 4.69) is 22.8 Å². The molecule has 2 aliphatic rings. The van der Waals surface area contributed by atoms with Gasteiger partial charge in [-0.3, -0.25) is 0 Å². The van der Waals surface area contributed by atoms with Gasteiger partial charge in [0.2, 0.25) is 0 Å². The lowest BCUT2D eigenvalue weighted by molar-refractivity contribution is 0.203. The van der Waals surface area contributed by atoms with E-state index in [1.165, 1.54) is 37.7 Å². The Bertz CT molecular complexity index is 511. The third-order valence-corrected chi connectivity index (χ3v) is 4.80. The molecular formula is C17H25N3O. The molecule has 2 N–H and O–H groups in total. The summed E-state index contributed by atoms with van der Waals surface area (Å²) < 4.78 is 0. The summed E-state index contributed by atoms with van der Waals surface area (Å²) in [4.78, 5) is 14.1. The van der Waals surface area contributed by atoms with E-state index in [1.54, 1.807) is 0 Å². The van der Waals surface area contributed by atoms with Gasteiger partial charge in [0.25, 0.3) is 0 Å². The number of benzene rings is 1. The number of amides is 2. The summed E-state index contributed by atoms with van der Waals surface area (Å²) in [5.41, 5.74) is 3.17. The van der Waals surface area contributed by atoms with Crippen molar-refractivity contribution in [3.8, 4) is 0 Å². The minimum atomic E-state index is 0.0411. The highest BCUT2D eigenvalue weighted by molar-refractivity contribution is 5.93. The maximum atomic E-state index is 12.1. The van der Waals surface area contributed by atoms with Gasteiger partial charge in [-0.15, -0.1) is 0 Å². The predicted octanol–water partition coefficient (Wildman–Crippen LogP) is 4.05. The molecule has 114 valence electrons. The van der Waals surface area contributed by atoms with E-state index in [4.69, 9.17) is 0 Å². The molecule has 1 aromatic carbocycles. The average Bonchev–Trinajstić information content (AvgIpc) is 2.45. The smallest absolute Gasteiger partial charge is 0.322 e. The van der Waals surface area contributed by atoms with Crippen LogP contribution in [0.2, 0.25) is 0 Å². The molecule has 1 saturated carbocycles. The number of unbranched alkanes of at least 4 members (excludes halogenated alkanes) is 1. The number of nitrogens with zero attached hydrogens (tertiary/aromatic N) is 1. The fraction of sp³-hybridized carbons (Fsp3) is 0.588. The van der Waals surface area contributed by atoms with Gasteiger partial charge in [-0.05, 0) is 30.0 Å². The molecule has 2 amide bonds. The molecule has 1 aliphatic heterocycles. The first-order valence-corrected chi connectivity index (χ1v) is 8.13. The molecule has 0 aromatic heterocycles. The second-order valence-electron chi connectivity index (χ2n) is 6.27. The lowest BCUT2D eigenvalue weighted by atomic mass is 9.82. The molecule has 0 unspecified atom stereocenters. The lowest BCUT2D eigenvalue weighted by Crippen LogP contribution is -2.39. The van der Waals surface area contributed by atoms with Crippen molar-refractivity contribution in [2.24, 2.45) is 5.92 Å². The number of rotatable bonds is 6. The summed E-state index contributed by atoms with van der Waals surface area (Å²) in [7, 11) is 1.89. The largest absolute Gasteiger partial charge is 0.388 e. The molecule has 0 radical (unpaired) electrons. The van der Waals surface area contributed by atoms with Gasteiger partial charge in [0, 0.05) is 31.5 Å². The Labute approximate surface area is 126 Å². The van der Waals surface area contributed by atoms with Crippen LogP contribution >= 0.6 is 0 Å². The van der Waals surface area contributed by atoms with Crippen LogP contribution in [-0.2, 0) is 6.54 Å². The third kappa shape index (κ3) is 3.31. The molecule has 1 aromatic rings. The Morgan fingerprint density at radius 1 is 1.33 bits per heavy atom. The number of urea groups is 1. The van der Waals surface area contributed by atoms with E-state index in [-0.39, 0.29) is 6.03 Å². The van der Waals surface area contributed by atoms with Gasteiger partial charge in [-0.1, -0.05) is 38.2 Å². The number of nitrogens with one attached hydrogen (secondary N) is 2. The van der Waals surface area contributed by atoms with E-state index in [0.717, 1.165) is 36.8 Å². The summed E-state index contributed by atoms with van der Waals surface area (Å²) in [6.07, 6.45) is 7.98. The molecule has 21 heavy (non-hydrogen) atoms. The second kappa shape index (κ2) is 6.37. The Hall–Kier alpha value is -1.71. The molecule has 1 aliphatic carbocycles. The highest BCUT2D eigenvalue weighted by Gasteiger charge is 2.22. The molecule has 1 heterocycles. The number of fused-ring (bicyclic) bond motifs is 1. The number of anilines is 2. The first-order valence-electron chi connectivity index (χ1n) is 8.13. The summed E-state index contributed by atoms with van der Waals surface area (Å²) in [6.45, 7) is 1.60. The van der Waals surface area contributed by atoms with Crippen LogP contribution < -0.4 is 10.6 Å². The predicted molar refractivity (Wildman–Crippen MR) is 86.6 cm³/mol. The molecule has 4 nitrogen and oxygen atoms in total. The number of carbonyl (C=O) groups is 1. The van der Waals surface area contributed by atoms with Crippen LogP contribution in [0, 0.1) is 5.92 Å². The quantitative estimate of drug-likeness (QED) is 0.775. The highest BCUT2D eigenvalue weighted by Crippen LogP contribution is 2.31. The molecule has 1 fully saturated rings. The van der Waals surface area contributed by atoms with Crippen molar-refractivity contribution >= 4 is 17.4 Å². The number of hydrogen-bond donors (Lipinski definition) is 2. The van der Waals surface area contributed by atoms with E-state index >= 15 is 0 Å². The van der Waals surface area contributed by atoms with Crippen LogP contribution in [0.4, 0.5) is 16.2 Å². The highest BCUT2D eigenvalue weighted by atomic mass is 16.2. The van der Waals surface area contributed by atoms with E-state index in [9.17, 15) is 4.79 Å². The van der Waals surface area contributed by atoms with Crippen LogP contribution in [0.3, 0.4) is 0 Å². The van der Waals surface area contributed by atoms with Crippen molar-refractivity contribution in [1.29, 1.82) is 0 Å². The zero-order valence-electron chi connectivity index (χ0n) is 12.8. The topological polar surface area (TPSA) is 44.4 Å². The van der Waals surface area contributed by atoms with Crippen molar-refractivity contribution < 1.29 is 4.79 Å². The van der Waals surface area contributed by atoms with Gasteiger partial charge in [0.15, 0.2) is 0 Å². The number of carbonyl (C=O) groups excluding carboxylic acids is 1. The molecule has 0 saturated heterocycles. The maximum Gasteiger partial charge on any atom is 0.322 e. The maximum absolute atomic E-state index is 12.1. The van der Waals surface area contributed by atoms with Gasteiger partial charge >= 0.3 is 6.03 Å². The Morgan fingerprint density at radius 3 is 2.90 bits per heavy atom. The van der Waals surface area contributed by atoms with Gasteiger partial charge < -0.3 is 15.5 Å². The van der Waals surface area contributed by atoms with Crippen molar-refractivity contribution in [3.05, 3.63) is 23.8 Å². The minimum Gasteiger partial charge on any atom is -0.388 e. The van der Waals surface area contributed by atoms with Crippen molar-refractivity contribution in [2.75, 3.05) is 24.2 Å². The first kappa shape index (κ1) is 14.2. The summed E-state index contributed by atoms with van der Waals surface area (Å²) in [5, 5.41) is 6.11. The van der Waals surface area contributed by atoms with E-state index in [0.29, 0.717) is 0 Å². The van der Waals surface area contributed by atoms with Crippen LogP contribution in [0.1, 0.15) is 44.1 Å². The monoisotopic (exact) mass is 287 g/mol. The SMILES string of the molecule is CNc1ccc2c(c1)NC(=O)N(CCCCC1CCC1)C2. The molecule has 3 rings (SSSR count). The molecular weight excluding hydrogens is 262 g/mol. The summed E-state index contributed by atoms with van der Waals surface area (Å²) in [5.74, 6) is 0.973. The van der Waals surface area contributed by atoms with Crippen LogP contribution in [0.25, 0.3) is 0 Å². The Morgan fingerprint density at radius 2 is 2.19 bits per heavy atom. The normalized spacial score (nSPS) is 18.0. The standard InChI is InChI=1S/C17H25N3O/c1-18-15-9-8-14-12-20(17(21)19-16(14)11-15)10-3-2-5-13-6-4-7-13/h8-9,11,13,18H,2-7,10,12H2,1H3,(H,19,21). The van der Waals surface area contributed by atoms with Crippen molar-refractivity contribution in [1.82, 2.24) is 4.90 Å². The average molecular weight is 287 g/mol. The Balaban J connectivity index is 1.51. The number of hydrogen-bond acceptors (Lipinski definition) is 2. The van der Waals surface area contributed by atoms with Crippen molar-refractivity contribution in [3.63, 3.8) is 0 Å². The van der Waals surface area contributed by atoms with Crippen molar-refractivity contribution in [2.45, 2.75) is 45.1 Å². The van der Waals surface area contributed by atoms with Gasteiger partial charge in [0.05, 0.1) is 0 Å². The van der Waals surface area contributed by atoms with Crippen LogP contribution in [-0.4, -0.2) is 24.5 Å². The van der Waals surface area contributed by atoms with E-state index < -0.39 is 0 Å².